The highest BCUT2D eigenvalue weighted by molar-refractivity contribution is 5.99. The fourth-order valence-electron chi connectivity index (χ4n) is 5.02. The average molecular weight is 562 g/mol. The van der Waals surface area contributed by atoms with Crippen molar-refractivity contribution in [2.24, 2.45) is 0 Å². The van der Waals surface area contributed by atoms with Crippen LogP contribution in [0.2, 0.25) is 0 Å². The van der Waals surface area contributed by atoms with Crippen LogP contribution in [-0.2, 0) is 17.4 Å². The number of nitrogens with zero attached hydrogens (tertiary/aromatic N) is 5. The Hall–Kier alpha value is -3.80. The van der Waals surface area contributed by atoms with Crippen molar-refractivity contribution >= 4 is 17.3 Å². The van der Waals surface area contributed by atoms with Crippen molar-refractivity contribution in [1.29, 1.82) is 0 Å². The number of likely N-dealkylation sites (N-methyl/N-ethyl adjacent to an activating group) is 1. The van der Waals surface area contributed by atoms with Crippen LogP contribution in [0.4, 0.5) is 33.3 Å². The highest BCUT2D eigenvalue weighted by atomic mass is 19.4. The molecule has 2 aliphatic heterocycles. The SMILES string of the molecule is CC(C)N1C(=O)COc2c(F)cc(-c3nc(Cc4ccc(N5CCN(C)CC5)c(F)c4)ncc3C(F)(F)F)cc21. The zero-order valence-corrected chi connectivity index (χ0v) is 22.2. The first-order chi connectivity index (χ1) is 18.9. The fourth-order valence-corrected chi connectivity index (χ4v) is 5.02. The summed E-state index contributed by atoms with van der Waals surface area (Å²) in [6.45, 7) is 6.01. The summed E-state index contributed by atoms with van der Waals surface area (Å²) in [4.78, 5) is 25.9. The van der Waals surface area contributed by atoms with Crippen LogP contribution in [0.25, 0.3) is 11.3 Å². The number of fused-ring (bicyclic) bond motifs is 1. The van der Waals surface area contributed by atoms with Gasteiger partial charge in [-0.25, -0.2) is 18.7 Å². The Bertz CT molecular complexity index is 1440. The van der Waals surface area contributed by atoms with Gasteiger partial charge < -0.3 is 19.4 Å². The predicted octanol–water partition coefficient (Wildman–Crippen LogP) is 4.92. The molecule has 0 N–H and O–H groups in total. The van der Waals surface area contributed by atoms with E-state index >= 15 is 8.78 Å². The van der Waals surface area contributed by atoms with E-state index in [2.05, 4.69) is 14.9 Å². The molecule has 0 saturated carbocycles. The van der Waals surface area contributed by atoms with Gasteiger partial charge in [-0.05, 0) is 50.7 Å². The maximum Gasteiger partial charge on any atom is 0.419 e. The largest absolute Gasteiger partial charge is 0.478 e. The number of rotatable bonds is 5. The molecule has 12 heteroatoms. The molecule has 3 aromatic rings. The molecule has 0 aliphatic carbocycles. The number of hydrogen-bond donors (Lipinski definition) is 0. The molecule has 0 unspecified atom stereocenters. The van der Waals surface area contributed by atoms with E-state index in [1.165, 1.54) is 17.0 Å². The maximum absolute atomic E-state index is 15.1. The van der Waals surface area contributed by atoms with Gasteiger partial charge in [-0.1, -0.05) is 6.07 Å². The molecular formula is C28H28F5N5O2. The van der Waals surface area contributed by atoms with Crippen LogP contribution in [-0.4, -0.2) is 66.7 Å². The van der Waals surface area contributed by atoms with Gasteiger partial charge in [0.2, 0.25) is 0 Å². The maximum atomic E-state index is 15.1. The van der Waals surface area contributed by atoms with Crippen molar-refractivity contribution in [3.63, 3.8) is 0 Å². The summed E-state index contributed by atoms with van der Waals surface area (Å²) in [7, 11) is 2.00. The topological polar surface area (TPSA) is 61.8 Å². The standard InChI is InChI=1S/C28H28F5N5O2/c1-16(2)38-23-13-18(12-21(30)27(23)40-15-25(38)39)26-19(28(31,32)33)14-34-24(35-26)11-17-4-5-22(20(29)10-17)37-8-6-36(3)7-9-37/h4-5,10,12-14,16H,6-9,11,15H2,1-3H3. The Morgan fingerprint density at radius 2 is 1.73 bits per heavy atom. The first-order valence-corrected chi connectivity index (χ1v) is 12.9. The Labute approximate surface area is 228 Å². The quantitative estimate of drug-likeness (QED) is 0.413. The third-order valence-corrected chi connectivity index (χ3v) is 7.04. The van der Waals surface area contributed by atoms with Gasteiger partial charge in [-0.2, -0.15) is 13.2 Å². The molecule has 40 heavy (non-hydrogen) atoms. The lowest BCUT2D eigenvalue weighted by molar-refractivity contribution is -0.137. The normalized spacial score (nSPS) is 16.4. The van der Waals surface area contributed by atoms with Crippen LogP contribution in [0.3, 0.4) is 0 Å². The molecule has 0 spiro atoms. The lowest BCUT2D eigenvalue weighted by atomic mass is 10.0. The molecule has 1 aromatic heterocycles. The van der Waals surface area contributed by atoms with Crippen LogP contribution in [0, 0.1) is 11.6 Å². The third-order valence-electron chi connectivity index (χ3n) is 7.04. The second-order valence-electron chi connectivity index (χ2n) is 10.3. The summed E-state index contributed by atoms with van der Waals surface area (Å²) in [6.07, 6.45) is -4.23. The van der Waals surface area contributed by atoms with Crippen molar-refractivity contribution in [2.45, 2.75) is 32.5 Å². The highest BCUT2D eigenvalue weighted by Crippen LogP contribution is 2.42. The molecule has 5 rings (SSSR count). The predicted molar refractivity (Wildman–Crippen MR) is 139 cm³/mol. The molecule has 2 aliphatic rings. The van der Waals surface area contributed by atoms with Crippen molar-refractivity contribution < 1.29 is 31.5 Å². The second-order valence-corrected chi connectivity index (χ2v) is 10.3. The number of ether oxygens (including phenoxy) is 1. The number of halogens is 5. The van der Waals surface area contributed by atoms with E-state index < -0.39 is 41.0 Å². The van der Waals surface area contributed by atoms with E-state index in [1.807, 2.05) is 11.9 Å². The molecule has 1 saturated heterocycles. The zero-order chi connectivity index (χ0) is 28.8. The van der Waals surface area contributed by atoms with Gasteiger partial charge in [0, 0.05) is 50.4 Å². The van der Waals surface area contributed by atoms with Gasteiger partial charge in [0.1, 0.15) is 17.2 Å². The number of benzene rings is 2. The lowest BCUT2D eigenvalue weighted by Gasteiger charge is -2.34. The molecule has 0 bridgehead atoms. The minimum absolute atomic E-state index is 0.000850. The molecule has 3 heterocycles. The molecule has 212 valence electrons. The highest BCUT2D eigenvalue weighted by Gasteiger charge is 2.37. The van der Waals surface area contributed by atoms with Gasteiger partial charge in [0.05, 0.1) is 17.1 Å². The van der Waals surface area contributed by atoms with Crippen molar-refractivity contribution in [3.8, 4) is 17.0 Å². The summed E-state index contributed by atoms with van der Waals surface area (Å²) >= 11 is 0. The van der Waals surface area contributed by atoms with Crippen molar-refractivity contribution in [3.05, 3.63) is 65.1 Å². The van der Waals surface area contributed by atoms with Gasteiger partial charge >= 0.3 is 6.18 Å². The van der Waals surface area contributed by atoms with Gasteiger partial charge in [-0.15, -0.1) is 0 Å². The van der Waals surface area contributed by atoms with Crippen molar-refractivity contribution in [2.75, 3.05) is 49.6 Å². The fraction of sp³-hybridized carbons (Fsp3) is 0.393. The van der Waals surface area contributed by atoms with Crippen LogP contribution >= 0.6 is 0 Å². The third kappa shape index (κ3) is 5.45. The van der Waals surface area contributed by atoms with E-state index in [0.29, 0.717) is 30.5 Å². The lowest BCUT2D eigenvalue weighted by Crippen LogP contribution is -2.44. The number of alkyl halides is 3. The number of anilines is 2. The van der Waals surface area contributed by atoms with Crippen molar-refractivity contribution in [1.82, 2.24) is 14.9 Å². The number of carbonyl (C=O) groups excluding carboxylic acids is 1. The van der Waals surface area contributed by atoms with E-state index in [-0.39, 0.29) is 35.9 Å². The summed E-state index contributed by atoms with van der Waals surface area (Å²) in [5.41, 5.74) is -0.935. The second kappa shape index (κ2) is 10.6. The van der Waals surface area contributed by atoms with E-state index in [4.69, 9.17) is 4.74 Å². The first-order valence-electron chi connectivity index (χ1n) is 12.9. The Morgan fingerprint density at radius 3 is 2.38 bits per heavy atom. The minimum Gasteiger partial charge on any atom is -0.478 e. The molecule has 1 amide bonds. The number of carbonyl (C=O) groups is 1. The van der Waals surface area contributed by atoms with E-state index in [1.54, 1.807) is 26.0 Å². The minimum atomic E-state index is -4.83. The molecule has 7 nitrogen and oxygen atoms in total. The molecular weight excluding hydrogens is 533 g/mol. The summed E-state index contributed by atoms with van der Waals surface area (Å²) in [5.74, 6) is -2.01. The first kappa shape index (κ1) is 27.8. The van der Waals surface area contributed by atoms with E-state index in [9.17, 15) is 18.0 Å². The summed E-state index contributed by atoms with van der Waals surface area (Å²) < 4.78 is 77.3. The van der Waals surface area contributed by atoms with Crippen LogP contribution < -0.4 is 14.5 Å². The number of hydrogen-bond acceptors (Lipinski definition) is 6. The monoisotopic (exact) mass is 561 g/mol. The van der Waals surface area contributed by atoms with Gasteiger partial charge in [-0.3, -0.25) is 4.79 Å². The molecule has 2 aromatic carbocycles. The van der Waals surface area contributed by atoms with Crippen LogP contribution in [0.1, 0.15) is 30.8 Å². The zero-order valence-electron chi connectivity index (χ0n) is 22.2. The van der Waals surface area contributed by atoms with E-state index in [0.717, 1.165) is 19.2 Å². The number of amides is 1. The van der Waals surface area contributed by atoms with Gasteiger partial charge in [0.25, 0.3) is 5.91 Å². The summed E-state index contributed by atoms with van der Waals surface area (Å²) in [5, 5.41) is 0. The molecule has 0 atom stereocenters. The smallest absolute Gasteiger partial charge is 0.419 e. The number of aromatic nitrogens is 2. The van der Waals surface area contributed by atoms with Gasteiger partial charge in [0.15, 0.2) is 18.2 Å². The summed E-state index contributed by atoms with van der Waals surface area (Å²) in [6, 6.07) is 6.45. The average Bonchev–Trinajstić information content (AvgIpc) is 2.88. The molecule has 0 radical (unpaired) electrons. The van der Waals surface area contributed by atoms with Crippen LogP contribution in [0.5, 0.6) is 5.75 Å². The Morgan fingerprint density at radius 1 is 1.00 bits per heavy atom. The van der Waals surface area contributed by atoms with Crippen LogP contribution in [0.15, 0.2) is 36.5 Å². The Kier molecular flexibility index (Phi) is 7.38. The molecule has 1 fully saturated rings. The Balaban J connectivity index is 1.51. The number of piperazine rings is 1.